The van der Waals surface area contributed by atoms with E-state index in [0.717, 1.165) is 5.56 Å². The molecule has 1 amide bonds. The van der Waals surface area contributed by atoms with Crippen LogP contribution in [-0.4, -0.2) is 13.0 Å². The fourth-order valence-corrected chi connectivity index (χ4v) is 2.25. The number of anilines is 1. The van der Waals surface area contributed by atoms with Gasteiger partial charge in [-0.15, -0.1) is 0 Å². The number of rotatable bonds is 3. The van der Waals surface area contributed by atoms with Crippen molar-refractivity contribution in [3.63, 3.8) is 0 Å². The molecule has 0 aliphatic rings. The third-order valence-corrected chi connectivity index (χ3v) is 3.38. The van der Waals surface area contributed by atoms with Gasteiger partial charge in [-0.05, 0) is 48.9 Å². The Balaban J connectivity index is 2.21. The molecule has 1 N–H and O–H groups in total. The molecular weight excluding hydrogens is 297 g/mol. The topological polar surface area (TPSA) is 38.3 Å². The Labute approximate surface area is 127 Å². The molecule has 0 atom stereocenters. The van der Waals surface area contributed by atoms with Crippen molar-refractivity contribution in [2.75, 3.05) is 12.4 Å². The maximum atomic E-state index is 12.2. The lowest BCUT2D eigenvalue weighted by Gasteiger charge is -2.10. The average Bonchev–Trinajstić information content (AvgIpc) is 2.41. The third kappa shape index (κ3) is 3.24. The maximum Gasteiger partial charge on any atom is 0.255 e. The van der Waals surface area contributed by atoms with Crippen molar-refractivity contribution >= 4 is 34.8 Å². The quantitative estimate of drug-likeness (QED) is 0.902. The number of hydrogen-bond acceptors (Lipinski definition) is 2. The minimum absolute atomic E-state index is 0.236. The molecular formula is C15H13Cl2NO2. The van der Waals surface area contributed by atoms with Gasteiger partial charge < -0.3 is 10.1 Å². The van der Waals surface area contributed by atoms with E-state index >= 15 is 0 Å². The second-order valence-electron chi connectivity index (χ2n) is 4.26. The molecule has 0 bridgehead atoms. The van der Waals surface area contributed by atoms with Gasteiger partial charge >= 0.3 is 0 Å². The van der Waals surface area contributed by atoms with Crippen LogP contribution in [0, 0.1) is 6.92 Å². The normalized spacial score (nSPS) is 10.2. The number of ether oxygens (including phenoxy) is 1. The minimum atomic E-state index is -0.236. The van der Waals surface area contributed by atoms with Crippen molar-refractivity contribution in [2.45, 2.75) is 6.92 Å². The Hall–Kier alpha value is -1.71. The minimum Gasteiger partial charge on any atom is -0.495 e. The molecule has 104 valence electrons. The van der Waals surface area contributed by atoms with Crippen molar-refractivity contribution in [3.05, 3.63) is 57.6 Å². The molecule has 2 rings (SSSR count). The van der Waals surface area contributed by atoms with E-state index in [4.69, 9.17) is 27.9 Å². The highest BCUT2D eigenvalue weighted by atomic mass is 35.5. The number of carbonyl (C=O) groups is 1. The first-order chi connectivity index (χ1) is 9.51. The Morgan fingerprint density at radius 3 is 2.50 bits per heavy atom. The van der Waals surface area contributed by atoms with Crippen LogP contribution in [0.5, 0.6) is 5.75 Å². The summed E-state index contributed by atoms with van der Waals surface area (Å²) in [6.45, 7) is 1.88. The number of benzene rings is 2. The summed E-state index contributed by atoms with van der Waals surface area (Å²) in [6.07, 6.45) is 0. The fraction of sp³-hybridized carbons (Fsp3) is 0.133. The Kier molecular flexibility index (Phi) is 4.53. The van der Waals surface area contributed by atoms with Gasteiger partial charge in [0.2, 0.25) is 0 Å². The number of aryl methyl sites for hydroxylation is 1. The second-order valence-corrected chi connectivity index (χ2v) is 5.11. The van der Waals surface area contributed by atoms with Crippen LogP contribution in [0.2, 0.25) is 10.0 Å². The third-order valence-electron chi connectivity index (χ3n) is 2.85. The number of halogens is 2. The summed E-state index contributed by atoms with van der Waals surface area (Å²) in [4.78, 5) is 12.2. The molecule has 2 aromatic carbocycles. The van der Waals surface area contributed by atoms with Crippen molar-refractivity contribution < 1.29 is 9.53 Å². The van der Waals surface area contributed by atoms with Gasteiger partial charge in [0.1, 0.15) is 5.75 Å². The Morgan fingerprint density at radius 1 is 1.15 bits per heavy atom. The highest BCUT2D eigenvalue weighted by Gasteiger charge is 2.10. The van der Waals surface area contributed by atoms with Gasteiger partial charge in [-0.2, -0.15) is 0 Å². The Morgan fingerprint density at radius 2 is 1.90 bits per heavy atom. The van der Waals surface area contributed by atoms with E-state index in [2.05, 4.69) is 5.32 Å². The van der Waals surface area contributed by atoms with E-state index in [-0.39, 0.29) is 5.91 Å². The molecule has 0 unspecified atom stereocenters. The second kappa shape index (κ2) is 6.16. The summed E-state index contributed by atoms with van der Waals surface area (Å²) >= 11 is 11.9. The van der Waals surface area contributed by atoms with E-state index in [9.17, 15) is 4.79 Å². The predicted octanol–water partition coefficient (Wildman–Crippen LogP) is 4.56. The Bertz CT molecular complexity index is 656. The summed E-state index contributed by atoms with van der Waals surface area (Å²) in [7, 11) is 1.53. The molecule has 0 saturated carbocycles. The van der Waals surface area contributed by atoms with Crippen LogP contribution in [0.3, 0.4) is 0 Å². The number of nitrogens with one attached hydrogen (secondary N) is 1. The van der Waals surface area contributed by atoms with Gasteiger partial charge in [-0.25, -0.2) is 0 Å². The smallest absolute Gasteiger partial charge is 0.255 e. The SMILES string of the molecule is COc1ccc(C(=O)Nc2ccc(Cl)cc2C)cc1Cl. The fourth-order valence-electron chi connectivity index (χ4n) is 1.77. The van der Waals surface area contributed by atoms with Gasteiger partial charge in [-0.1, -0.05) is 23.2 Å². The van der Waals surface area contributed by atoms with Gasteiger partial charge in [0.15, 0.2) is 0 Å². The lowest BCUT2D eigenvalue weighted by molar-refractivity contribution is 0.102. The number of methoxy groups -OCH3 is 1. The van der Waals surface area contributed by atoms with Crippen molar-refractivity contribution in [3.8, 4) is 5.75 Å². The lowest BCUT2D eigenvalue weighted by atomic mass is 10.1. The zero-order valence-corrected chi connectivity index (χ0v) is 12.5. The first kappa shape index (κ1) is 14.7. The monoisotopic (exact) mass is 309 g/mol. The predicted molar refractivity (Wildman–Crippen MR) is 82.1 cm³/mol. The van der Waals surface area contributed by atoms with E-state index in [0.29, 0.717) is 27.0 Å². The van der Waals surface area contributed by atoms with Crippen LogP contribution in [0.25, 0.3) is 0 Å². The van der Waals surface area contributed by atoms with Gasteiger partial charge in [-0.3, -0.25) is 4.79 Å². The summed E-state index contributed by atoms with van der Waals surface area (Å²) in [6, 6.07) is 10.2. The van der Waals surface area contributed by atoms with Crippen molar-refractivity contribution in [1.82, 2.24) is 0 Å². The van der Waals surface area contributed by atoms with E-state index in [1.54, 1.807) is 36.4 Å². The molecule has 0 spiro atoms. The summed E-state index contributed by atoms with van der Waals surface area (Å²) in [5.41, 5.74) is 2.07. The molecule has 0 fully saturated rings. The maximum absolute atomic E-state index is 12.2. The first-order valence-corrected chi connectivity index (χ1v) is 6.68. The highest BCUT2D eigenvalue weighted by Crippen LogP contribution is 2.26. The van der Waals surface area contributed by atoms with Crippen LogP contribution in [-0.2, 0) is 0 Å². The van der Waals surface area contributed by atoms with Gasteiger partial charge in [0, 0.05) is 16.3 Å². The molecule has 0 aliphatic heterocycles. The first-order valence-electron chi connectivity index (χ1n) is 5.92. The number of carbonyl (C=O) groups excluding carboxylic acids is 1. The molecule has 5 heteroatoms. The molecule has 0 aliphatic carbocycles. The molecule has 2 aromatic rings. The van der Waals surface area contributed by atoms with Gasteiger partial charge in [0.05, 0.1) is 12.1 Å². The van der Waals surface area contributed by atoms with Crippen LogP contribution in [0.1, 0.15) is 15.9 Å². The summed E-state index contributed by atoms with van der Waals surface area (Å²) in [5, 5.41) is 3.85. The molecule has 0 radical (unpaired) electrons. The van der Waals surface area contributed by atoms with E-state index < -0.39 is 0 Å². The molecule has 0 aromatic heterocycles. The van der Waals surface area contributed by atoms with E-state index in [1.165, 1.54) is 7.11 Å². The summed E-state index contributed by atoms with van der Waals surface area (Å²) in [5.74, 6) is 0.297. The largest absolute Gasteiger partial charge is 0.495 e. The molecule has 0 saturated heterocycles. The highest BCUT2D eigenvalue weighted by molar-refractivity contribution is 6.32. The molecule has 20 heavy (non-hydrogen) atoms. The van der Waals surface area contributed by atoms with Crippen molar-refractivity contribution in [1.29, 1.82) is 0 Å². The van der Waals surface area contributed by atoms with Crippen LogP contribution < -0.4 is 10.1 Å². The lowest BCUT2D eigenvalue weighted by Crippen LogP contribution is -2.12. The number of hydrogen-bond donors (Lipinski definition) is 1. The van der Waals surface area contributed by atoms with Crippen LogP contribution in [0.4, 0.5) is 5.69 Å². The summed E-state index contributed by atoms with van der Waals surface area (Å²) < 4.78 is 5.05. The van der Waals surface area contributed by atoms with Crippen LogP contribution in [0.15, 0.2) is 36.4 Å². The molecule has 0 heterocycles. The van der Waals surface area contributed by atoms with Crippen LogP contribution >= 0.6 is 23.2 Å². The standard InChI is InChI=1S/C15H13Cl2NO2/c1-9-7-11(16)4-5-13(9)18-15(19)10-3-6-14(20-2)12(17)8-10/h3-8H,1-2H3,(H,18,19). The van der Waals surface area contributed by atoms with Gasteiger partial charge in [0.25, 0.3) is 5.91 Å². The number of amides is 1. The zero-order valence-electron chi connectivity index (χ0n) is 11.0. The van der Waals surface area contributed by atoms with Crippen molar-refractivity contribution in [2.24, 2.45) is 0 Å². The van der Waals surface area contributed by atoms with E-state index in [1.807, 2.05) is 6.92 Å². The zero-order chi connectivity index (χ0) is 14.7. The average molecular weight is 310 g/mol. The molecule has 3 nitrogen and oxygen atoms in total.